The molecule has 9 heteroatoms. The number of nitrogens with zero attached hydrogens (tertiary/aromatic N) is 1. The number of esters is 1. The lowest BCUT2D eigenvalue weighted by molar-refractivity contribution is -0.145. The molecule has 0 saturated carbocycles. The Morgan fingerprint density at radius 1 is 0.947 bits per heavy atom. The minimum absolute atomic E-state index is 0.125. The van der Waals surface area contributed by atoms with Gasteiger partial charge in [0.15, 0.2) is 6.61 Å². The predicted molar refractivity (Wildman–Crippen MR) is 142 cm³/mol. The van der Waals surface area contributed by atoms with Crippen LogP contribution in [0.2, 0.25) is 0 Å². The molecule has 0 atom stereocenters. The second-order valence-corrected chi connectivity index (χ2v) is 8.89. The van der Waals surface area contributed by atoms with Crippen LogP contribution in [0.15, 0.2) is 68.7 Å². The fourth-order valence-corrected chi connectivity index (χ4v) is 4.32. The van der Waals surface area contributed by atoms with E-state index < -0.39 is 17.4 Å². The van der Waals surface area contributed by atoms with Gasteiger partial charge in [0.05, 0.1) is 13.2 Å². The van der Waals surface area contributed by atoms with Gasteiger partial charge in [0.2, 0.25) is 0 Å². The quantitative estimate of drug-likeness (QED) is 0.312. The first-order valence-corrected chi connectivity index (χ1v) is 12.3. The van der Waals surface area contributed by atoms with Gasteiger partial charge in [0.25, 0.3) is 0 Å². The highest BCUT2D eigenvalue weighted by molar-refractivity contribution is 5.76. The van der Waals surface area contributed by atoms with Crippen molar-refractivity contribution >= 4 is 5.97 Å². The number of carbonyl (C=O) groups excluding carboxylic acids is 1. The number of carbonyl (C=O) groups is 1. The normalized spacial score (nSPS) is 10.8. The molecule has 1 aromatic heterocycles. The molecule has 198 valence electrons. The van der Waals surface area contributed by atoms with Crippen molar-refractivity contribution in [3.63, 3.8) is 0 Å². The summed E-state index contributed by atoms with van der Waals surface area (Å²) in [5.74, 6) is 0.128. The molecule has 38 heavy (non-hydrogen) atoms. The summed E-state index contributed by atoms with van der Waals surface area (Å²) in [4.78, 5) is 36.5. The third-order valence-electron chi connectivity index (χ3n) is 6.16. The van der Waals surface area contributed by atoms with Gasteiger partial charge in [-0.05, 0) is 90.9 Å². The van der Waals surface area contributed by atoms with E-state index in [0.29, 0.717) is 24.7 Å². The molecular formula is C29H30N2O7. The minimum atomic E-state index is -0.781. The number of nitrogens with one attached hydrogen (secondary N) is 1. The number of rotatable bonds is 10. The highest BCUT2D eigenvalue weighted by Gasteiger charge is 2.14. The van der Waals surface area contributed by atoms with E-state index in [1.807, 2.05) is 62.4 Å². The molecule has 0 aliphatic heterocycles. The number of ether oxygens (including phenoxy) is 3. The second-order valence-electron chi connectivity index (χ2n) is 8.89. The summed E-state index contributed by atoms with van der Waals surface area (Å²) in [6, 6.07) is 17.2. The fourth-order valence-electron chi connectivity index (χ4n) is 4.32. The third-order valence-corrected chi connectivity index (χ3v) is 6.16. The Balaban J connectivity index is 1.46. The first-order valence-electron chi connectivity index (χ1n) is 12.3. The molecule has 1 N–H and O–H groups in total. The Kier molecular flexibility index (Phi) is 8.15. The van der Waals surface area contributed by atoms with E-state index >= 15 is 0 Å². The van der Waals surface area contributed by atoms with Gasteiger partial charge in [-0.2, -0.15) is 0 Å². The Bertz CT molecular complexity index is 1520. The molecule has 1 heterocycles. The van der Waals surface area contributed by atoms with Gasteiger partial charge in [0, 0.05) is 0 Å². The summed E-state index contributed by atoms with van der Waals surface area (Å²) in [6.07, 6.45) is 0. The first-order chi connectivity index (χ1) is 18.2. The standard InChI is InChI=1S/C29H30N2O7/c1-5-35-26(32)17-37-24-13-18(2)27(19(3)14-24)25-8-6-7-22(20(25)4)16-36-23-11-9-21(10-12-23)15-31-28(33)30-29(34)38-31/h6-14H,5,15-17H2,1-4H3,(H,30,33,34). The molecule has 0 amide bonds. The van der Waals surface area contributed by atoms with Crippen molar-refractivity contribution in [3.8, 4) is 22.6 Å². The van der Waals surface area contributed by atoms with Crippen molar-refractivity contribution in [2.24, 2.45) is 0 Å². The summed E-state index contributed by atoms with van der Waals surface area (Å²) >= 11 is 0. The van der Waals surface area contributed by atoms with E-state index in [1.54, 1.807) is 6.92 Å². The number of aryl methyl sites for hydroxylation is 2. The van der Waals surface area contributed by atoms with Crippen LogP contribution in [-0.4, -0.2) is 28.9 Å². The predicted octanol–water partition coefficient (Wildman–Crippen LogP) is 4.29. The van der Waals surface area contributed by atoms with E-state index in [4.69, 9.17) is 18.7 Å². The van der Waals surface area contributed by atoms with Crippen LogP contribution in [0.4, 0.5) is 0 Å². The molecule has 0 aliphatic rings. The van der Waals surface area contributed by atoms with Crippen LogP contribution < -0.4 is 20.9 Å². The number of benzene rings is 3. The highest BCUT2D eigenvalue weighted by atomic mass is 16.6. The zero-order valence-corrected chi connectivity index (χ0v) is 21.8. The third kappa shape index (κ3) is 6.23. The number of aromatic amines is 1. The van der Waals surface area contributed by atoms with Crippen molar-refractivity contribution in [2.45, 2.75) is 40.8 Å². The summed E-state index contributed by atoms with van der Waals surface area (Å²) in [5.41, 5.74) is 6.66. The topological polar surface area (TPSA) is 113 Å². The van der Waals surface area contributed by atoms with E-state index in [-0.39, 0.29) is 13.2 Å². The average Bonchev–Trinajstić information content (AvgIpc) is 3.19. The van der Waals surface area contributed by atoms with Crippen molar-refractivity contribution in [1.82, 2.24) is 9.72 Å². The molecule has 0 saturated heterocycles. The lowest BCUT2D eigenvalue weighted by Gasteiger charge is -2.18. The summed E-state index contributed by atoms with van der Waals surface area (Å²) in [7, 11) is 0. The van der Waals surface area contributed by atoms with Gasteiger partial charge in [-0.15, -0.1) is 4.74 Å². The first kappa shape index (κ1) is 26.5. The van der Waals surface area contributed by atoms with Crippen molar-refractivity contribution in [1.29, 1.82) is 0 Å². The Labute approximate surface area is 219 Å². The molecule has 0 bridgehead atoms. The Hall–Kier alpha value is -4.53. The Morgan fingerprint density at radius 2 is 1.66 bits per heavy atom. The smallest absolute Gasteiger partial charge is 0.440 e. The Morgan fingerprint density at radius 3 is 2.29 bits per heavy atom. The summed E-state index contributed by atoms with van der Waals surface area (Å²) in [6.45, 7) is 8.60. The van der Waals surface area contributed by atoms with Gasteiger partial charge in [-0.25, -0.2) is 19.4 Å². The van der Waals surface area contributed by atoms with E-state index in [1.165, 1.54) is 0 Å². The van der Waals surface area contributed by atoms with Gasteiger partial charge >= 0.3 is 17.4 Å². The highest BCUT2D eigenvalue weighted by Crippen LogP contribution is 2.34. The number of hydrogen-bond donors (Lipinski definition) is 1. The van der Waals surface area contributed by atoms with Gasteiger partial charge in [0.1, 0.15) is 18.1 Å². The van der Waals surface area contributed by atoms with E-state index in [2.05, 4.69) is 18.0 Å². The van der Waals surface area contributed by atoms with Crippen LogP contribution in [-0.2, 0) is 22.7 Å². The zero-order chi connectivity index (χ0) is 27.2. The molecule has 4 rings (SSSR count). The average molecular weight is 519 g/mol. The maximum atomic E-state index is 11.6. The maximum absolute atomic E-state index is 11.6. The summed E-state index contributed by atoms with van der Waals surface area (Å²) in [5, 5.41) is 0. The maximum Gasteiger partial charge on any atom is 0.440 e. The minimum Gasteiger partial charge on any atom is -0.489 e. The van der Waals surface area contributed by atoms with Crippen molar-refractivity contribution < 1.29 is 23.5 Å². The molecule has 0 radical (unpaired) electrons. The van der Waals surface area contributed by atoms with Crippen LogP contribution in [0.25, 0.3) is 11.1 Å². The SMILES string of the molecule is CCOC(=O)COc1cc(C)c(-c2cccc(COc3ccc(Cn4oc(=O)[nH]c4=O)cc3)c2C)c(C)c1. The fraction of sp³-hybridized carbons (Fsp3) is 0.276. The molecule has 0 unspecified atom stereocenters. The van der Waals surface area contributed by atoms with E-state index in [9.17, 15) is 14.4 Å². The molecular weight excluding hydrogens is 488 g/mol. The number of H-pyrrole nitrogens is 1. The summed E-state index contributed by atoms with van der Waals surface area (Å²) < 4.78 is 22.4. The molecule has 3 aromatic carbocycles. The van der Waals surface area contributed by atoms with E-state index in [0.717, 1.165) is 43.7 Å². The monoisotopic (exact) mass is 518 g/mol. The zero-order valence-electron chi connectivity index (χ0n) is 21.8. The van der Waals surface area contributed by atoms with Crippen molar-refractivity contribution in [2.75, 3.05) is 13.2 Å². The van der Waals surface area contributed by atoms with Crippen LogP contribution >= 0.6 is 0 Å². The van der Waals surface area contributed by atoms with Gasteiger partial charge in [-0.1, -0.05) is 30.3 Å². The number of aromatic nitrogens is 2. The lowest BCUT2D eigenvalue weighted by atomic mass is 9.90. The van der Waals surface area contributed by atoms with Crippen LogP contribution in [0.5, 0.6) is 11.5 Å². The van der Waals surface area contributed by atoms with Crippen LogP contribution in [0, 0.1) is 20.8 Å². The second kappa shape index (κ2) is 11.7. The lowest BCUT2D eigenvalue weighted by Crippen LogP contribution is -2.17. The molecule has 9 nitrogen and oxygen atoms in total. The van der Waals surface area contributed by atoms with Crippen LogP contribution in [0.1, 0.15) is 34.7 Å². The molecule has 0 spiro atoms. The van der Waals surface area contributed by atoms with Gasteiger partial charge in [-0.3, -0.25) is 0 Å². The molecule has 0 fully saturated rings. The van der Waals surface area contributed by atoms with Crippen LogP contribution in [0.3, 0.4) is 0 Å². The largest absolute Gasteiger partial charge is 0.489 e. The molecule has 0 aliphatic carbocycles. The van der Waals surface area contributed by atoms with Crippen molar-refractivity contribution in [3.05, 3.63) is 103 Å². The van der Waals surface area contributed by atoms with Gasteiger partial charge < -0.3 is 18.7 Å². The molecule has 4 aromatic rings. The number of hydrogen-bond acceptors (Lipinski definition) is 7.